The molecule has 3 aromatic rings. The number of hydrogen-bond acceptors (Lipinski definition) is 7. The molecule has 0 aliphatic carbocycles. The normalized spacial score (nSPS) is 17.1. The van der Waals surface area contributed by atoms with Gasteiger partial charge in [-0.15, -0.1) is 0 Å². The summed E-state index contributed by atoms with van der Waals surface area (Å²) in [6.07, 6.45) is -1.01. The summed E-state index contributed by atoms with van der Waals surface area (Å²) in [6, 6.07) is 24.0. The number of carboxylic acids is 1. The highest BCUT2D eigenvalue weighted by molar-refractivity contribution is 5.98. The average molecular weight is 632 g/mol. The number of carbonyl (C=O) groups is 4. The zero-order chi connectivity index (χ0) is 33.3. The van der Waals surface area contributed by atoms with Crippen LogP contribution in [0.5, 0.6) is 0 Å². The average Bonchev–Trinajstić information content (AvgIpc) is 3.04. The zero-order valence-electron chi connectivity index (χ0n) is 26.5. The molecule has 0 spiro atoms. The molecule has 46 heavy (non-hydrogen) atoms. The van der Waals surface area contributed by atoms with Crippen LogP contribution < -0.4 is 10.6 Å². The van der Waals surface area contributed by atoms with Gasteiger partial charge < -0.3 is 30.0 Å². The maximum atomic E-state index is 14.0. The molecule has 11 heteroatoms. The van der Waals surface area contributed by atoms with Gasteiger partial charge in [0.05, 0.1) is 26.4 Å². The van der Waals surface area contributed by atoms with E-state index >= 15 is 0 Å². The van der Waals surface area contributed by atoms with Gasteiger partial charge in [-0.3, -0.25) is 9.69 Å². The second-order valence-electron chi connectivity index (χ2n) is 12.0. The number of aryl methyl sites for hydroxylation is 1. The van der Waals surface area contributed by atoms with Crippen molar-refractivity contribution in [1.29, 1.82) is 0 Å². The summed E-state index contributed by atoms with van der Waals surface area (Å²) in [4.78, 5) is 52.4. The standard InChI is InChI=1S/C35H41N3O8/c1-35(2,3)46-34(43)38-21-26(45-22-28(38)32(40)41)20-19-23-13-11-12-18-27(23)36-31(39)30(37-33(42)44-4)29(24-14-7-5-8-15-24)25-16-9-6-10-17-25/h5-18,26,28-30H,19-22H2,1-4H3,(H,36,39)(H,37,42)(H,40,41)/t26-,28+,30?/m1/s1. The van der Waals surface area contributed by atoms with Crippen molar-refractivity contribution >= 4 is 29.8 Å². The molecule has 4 rings (SSSR count). The summed E-state index contributed by atoms with van der Waals surface area (Å²) >= 11 is 0. The quantitative estimate of drug-likeness (QED) is 0.277. The molecule has 1 unspecified atom stereocenters. The lowest BCUT2D eigenvalue weighted by atomic mass is 9.84. The first-order valence-corrected chi connectivity index (χ1v) is 15.1. The summed E-state index contributed by atoms with van der Waals surface area (Å²) in [7, 11) is 1.25. The number of aliphatic carboxylic acids is 1. The van der Waals surface area contributed by atoms with Crippen LogP contribution in [-0.2, 0) is 30.2 Å². The molecule has 1 heterocycles. The minimum atomic E-state index is -1.17. The van der Waals surface area contributed by atoms with Crippen molar-refractivity contribution in [2.75, 3.05) is 25.6 Å². The van der Waals surface area contributed by atoms with Crippen LogP contribution >= 0.6 is 0 Å². The van der Waals surface area contributed by atoms with E-state index < -0.39 is 53.8 Å². The van der Waals surface area contributed by atoms with Crippen LogP contribution in [0.2, 0.25) is 0 Å². The summed E-state index contributed by atoms with van der Waals surface area (Å²) in [6.45, 7) is 5.03. The third-order valence-electron chi connectivity index (χ3n) is 7.58. The highest BCUT2D eigenvalue weighted by Crippen LogP contribution is 2.30. The Balaban J connectivity index is 1.54. The van der Waals surface area contributed by atoms with Gasteiger partial charge in [-0.1, -0.05) is 78.9 Å². The van der Waals surface area contributed by atoms with E-state index in [4.69, 9.17) is 14.2 Å². The minimum absolute atomic E-state index is 0.0430. The van der Waals surface area contributed by atoms with E-state index in [9.17, 15) is 24.3 Å². The minimum Gasteiger partial charge on any atom is -0.480 e. The lowest BCUT2D eigenvalue weighted by Gasteiger charge is -2.38. The Morgan fingerprint density at radius 3 is 2.09 bits per heavy atom. The van der Waals surface area contributed by atoms with E-state index in [0.717, 1.165) is 16.7 Å². The van der Waals surface area contributed by atoms with Gasteiger partial charge in [0.1, 0.15) is 11.6 Å². The number of anilines is 1. The van der Waals surface area contributed by atoms with E-state index in [0.29, 0.717) is 18.5 Å². The topological polar surface area (TPSA) is 143 Å². The molecule has 0 aromatic heterocycles. The number of nitrogens with zero attached hydrogens (tertiary/aromatic N) is 1. The van der Waals surface area contributed by atoms with Gasteiger partial charge in [-0.25, -0.2) is 14.4 Å². The number of amides is 3. The van der Waals surface area contributed by atoms with Gasteiger partial charge >= 0.3 is 18.2 Å². The van der Waals surface area contributed by atoms with E-state index in [-0.39, 0.29) is 13.2 Å². The molecule has 1 aliphatic heterocycles. The van der Waals surface area contributed by atoms with Crippen molar-refractivity contribution < 1.29 is 38.5 Å². The maximum absolute atomic E-state index is 14.0. The fraction of sp³-hybridized carbons (Fsp3) is 0.371. The number of para-hydroxylation sites is 1. The van der Waals surface area contributed by atoms with E-state index in [1.54, 1.807) is 32.9 Å². The molecule has 0 saturated carbocycles. The van der Waals surface area contributed by atoms with Crippen LogP contribution in [0.15, 0.2) is 84.9 Å². The number of rotatable bonds is 10. The SMILES string of the molecule is COC(=O)NC(C(=O)Nc1ccccc1CC[C@@H]1CN(C(=O)OC(C)(C)C)[C@H](C(=O)O)CO1)C(c1ccccc1)c1ccccc1. The molecule has 244 valence electrons. The Kier molecular flexibility index (Phi) is 11.4. The number of hydrogen-bond donors (Lipinski definition) is 3. The van der Waals surface area contributed by atoms with Gasteiger partial charge in [-0.2, -0.15) is 0 Å². The number of methoxy groups -OCH3 is 1. The Morgan fingerprint density at radius 1 is 0.935 bits per heavy atom. The van der Waals surface area contributed by atoms with Gasteiger partial charge in [-0.05, 0) is 56.4 Å². The molecule has 11 nitrogen and oxygen atoms in total. The van der Waals surface area contributed by atoms with Crippen molar-refractivity contribution in [3.63, 3.8) is 0 Å². The van der Waals surface area contributed by atoms with E-state index in [1.807, 2.05) is 72.8 Å². The highest BCUT2D eigenvalue weighted by atomic mass is 16.6. The van der Waals surface area contributed by atoms with Crippen molar-refractivity contribution in [2.24, 2.45) is 0 Å². The number of ether oxygens (including phenoxy) is 3. The fourth-order valence-electron chi connectivity index (χ4n) is 5.39. The van der Waals surface area contributed by atoms with E-state index in [2.05, 4.69) is 10.6 Å². The number of nitrogens with one attached hydrogen (secondary N) is 2. The Labute approximate surface area is 268 Å². The lowest BCUT2D eigenvalue weighted by molar-refractivity contribution is -0.153. The molecule has 0 bridgehead atoms. The van der Waals surface area contributed by atoms with Crippen molar-refractivity contribution in [3.05, 3.63) is 102 Å². The molecular weight excluding hydrogens is 590 g/mol. The Hall–Kier alpha value is -4.90. The maximum Gasteiger partial charge on any atom is 0.411 e. The summed E-state index contributed by atoms with van der Waals surface area (Å²) in [5, 5.41) is 15.4. The predicted molar refractivity (Wildman–Crippen MR) is 172 cm³/mol. The summed E-state index contributed by atoms with van der Waals surface area (Å²) in [5.74, 6) is -2.13. The number of morpholine rings is 1. The molecule has 3 atom stereocenters. The van der Waals surface area contributed by atoms with Crippen LogP contribution in [-0.4, -0.2) is 78.1 Å². The van der Waals surface area contributed by atoms with Crippen LogP contribution in [0.25, 0.3) is 0 Å². The zero-order valence-corrected chi connectivity index (χ0v) is 26.5. The third-order valence-corrected chi connectivity index (χ3v) is 7.58. The van der Waals surface area contributed by atoms with Crippen LogP contribution in [0.3, 0.4) is 0 Å². The van der Waals surface area contributed by atoms with Crippen molar-refractivity contribution in [1.82, 2.24) is 10.2 Å². The first-order chi connectivity index (χ1) is 22.0. The van der Waals surface area contributed by atoms with Gasteiger partial charge in [0.2, 0.25) is 5.91 Å². The molecule has 0 radical (unpaired) electrons. The number of alkyl carbamates (subject to hydrolysis) is 1. The first kappa shape index (κ1) is 34.0. The molecule has 3 aromatic carbocycles. The molecular formula is C35H41N3O8. The monoisotopic (exact) mass is 631 g/mol. The fourth-order valence-corrected chi connectivity index (χ4v) is 5.39. The van der Waals surface area contributed by atoms with E-state index in [1.165, 1.54) is 12.0 Å². The van der Waals surface area contributed by atoms with Gasteiger partial charge in [0, 0.05) is 11.6 Å². The molecule has 3 amide bonds. The summed E-state index contributed by atoms with van der Waals surface area (Å²) in [5.41, 5.74) is 2.24. The Bertz CT molecular complexity index is 1450. The Morgan fingerprint density at radius 2 is 1.52 bits per heavy atom. The first-order valence-electron chi connectivity index (χ1n) is 15.1. The van der Waals surface area contributed by atoms with Crippen LogP contribution in [0, 0.1) is 0 Å². The smallest absolute Gasteiger partial charge is 0.411 e. The van der Waals surface area contributed by atoms with Gasteiger partial charge in [0.15, 0.2) is 6.04 Å². The molecule has 3 N–H and O–H groups in total. The van der Waals surface area contributed by atoms with Crippen LogP contribution in [0.4, 0.5) is 15.3 Å². The second kappa shape index (κ2) is 15.4. The van der Waals surface area contributed by atoms with Crippen LogP contribution in [0.1, 0.15) is 49.8 Å². The summed E-state index contributed by atoms with van der Waals surface area (Å²) < 4.78 is 16.2. The number of benzene rings is 3. The lowest BCUT2D eigenvalue weighted by Crippen LogP contribution is -2.56. The van der Waals surface area contributed by atoms with Crippen molar-refractivity contribution in [2.45, 2.75) is 63.3 Å². The highest BCUT2D eigenvalue weighted by Gasteiger charge is 2.39. The number of carbonyl (C=O) groups excluding carboxylic acids is 3. The molecule has 1 fully saturated rings. The second-order valence-corrected chi connectivity index (χ2v) is 12.0. The molecule has 1 saturated heterocycles. The van der Waals surface area contributed by atoms with Crippen molar-refractivity contribution in [3.8, 4) is 0 Å². The van der Waals surface area contributed by atoms with Gasteiger partial charge in [0.25, 0.3) is 0 Å². The number of carboxylic acid groups (broad SMARTS) is 1. The third kappa shape index (κ3) is 9.07. The predicted octanol–water partition coefficient (Wildman–Crippen LogP) is 5.20. The molecule has 1 aliphatic rings. The largest absolute Gasteiger partial charge is 0.480 e.